The standard InChI is InChI=1S/C9H12FN3O3S3/c1-2-17-9-12-11-8(18-9)13-4-6(3-7(13)14)5-19(10,15)16/h6H,2-5H2,1H3. The van der Waals surface area contributed by atoms with E-state index in [0.29, 0.717) is 5.13 Å². The van der Waals surface area contributed by atoms with Gasteiger partial charge in [0.25, 0.3) is 0 Å². The number of halogens is 1. The Morgan fingerprint density at radius 3 is 2.89 bits per heavy atom. The molecule has 106 valence electrons. The molecular weight excluding hydrogens is 313 g/mol. The van der Waals surface area contributed by atoms with Crippen molar-refractivity contribution < 1.29 is 17.1 Å². The van der Waals surface area contributed by atoms with E-state index in [2.05, 4.69) is 10.2 Å². The highest BCUT2D eigenvalue weighted by Gasteiger charge is 2.35. The summed E-state index contributed by atoms with van der Waals surface area (Å²) in [5.41, 5.74) is 0. The Bertz CT molecular complexity index is 574. The third-order valence-corrected chi connectivity index (χ3v) is 5.37. The highest BCUT2D eigenvalue weighted by Crippen LogP contribution is 2.32. The third-order valence-electron chi connectivity index (χ3n) is 2.53. The van der Waals surface area contributed by atoms with Crippen LogP contribution in [0.4, 0.5) is 9.02 Å². The molecule has 0 N–H and O–H groups in total. The van der Waals surface area contributed by atoms with Gasteiger partial charge in [-0.3, -0.25) is 9.69 Å². The van der Waals surface area contributed by atoms with Crippen LogP contribution in [0.1, 0.15) is 13.3 Å². The third kappa shape index (κ3) is 3.86. The van der Waals surface area contributed by atoms with Gasteiger partial charge < -0.3 is 0 Å². The van der Waals surface area contributed by atoms with Crippen molar-refractivity contribution in [2.24, 2.45) is 5.92 Å². The Hall–Kier alpha value is -0.740. The Balaban J connectivity index is 2.06. The van der Waals surface area contributed by atoms with E-state index in [1.165, 1.54) is 28.0 Å². The molecular formula is C9H12FN3O3S3. The van der Waals surface area contributed by atoms with Crippen LogP contribution >= 0.6 is 23.1 Å². The van der Waals surface area contributed by atoms with Crippen LogP contribution in [0.25, 0.3) is 0 Å². The van der Waals surface area contributed by atoms with Gasteiger partial charge in [-0.1, -0.05) is 30.0 Å². The van der Waals surface area contributed by atoms with Crippen LogP contribution in [-0.2, 0) is 15.0 Å². The molecule has 1 unspecified atom stereocenters. The van der Waals surface area contributed by atoms with Crippen LogP contribution in [0.5, 0.6) is 0 Å². The molecule has 0 aromatic carbocycles. The van der Waals surface area contributed by atoms with Crippen LogP contribution in [0.15, 0.2) is 4.34 Å². The first kappa shape index (κ1) is 14.7. The summed E-state index contributed by atoms with van der Waals surface area (Å²) in [6.45, 7) is 2.16. The number of anilines is 1. The number of carbonyl (C=O) groups excluding carboxylic acids is 1. The van der Waals surface area contributed by atoms with Crippen LogP contribution in [-0.4, -0.2) is 42.6 Å². The molecule has 0 saturated carbocycles. The zero-order chi connectivity index (χ0) is 14.0. The van der Waals surface area contributed by atoms with Crippen molar-refractivity contribution in [3.63, 3.8) is 0 Å². The normalized spacial score (nSPS) is 20.2. The van der Waals surface area contributed by atoms with Gasteiger partial charge in [-0.2, -0.15) is 8.42 Å². The van der Waals surface area contributed by atoms with Crippen LogP contribution in [0.3, 0.4) is 0 Å². The summed E-state index contributed by atoms with van der Waals surface area (Å²) in [5, 5.41) is 8.28. The summed E-state index contributed by atoms with van der Waals surface area (Å²) >= 11 is 2.80. The number of aromatic nitrogens is 2. The minimum absolute atomic E-state index is 0.0268. The maximum atomic E-state index is 12.6. The predicted octanol–water partition coefficient (Wildman–Crippen LogP) is 1.30. The molecule has 2 heterocycles. The zero-order valence-electron chi connectivity index (χ0n) is 10.1. The van der Waals surface area contributed by atoms with Crippen LogP contribution in [0.2, 0.25) is 0 Å². The Morgan fingerprint density at radius 1 is 1.53 bits per heavy atom. The number of carbonyl (C=O) groups is 1. The quantitative estimate of drug-likeness (QED) is 0.461. The summed E-state index contributed by atoms with van der Waals surface area (Å²) < 4.78 is 34.6. The van der Waals surface area contributed by atoms with Gasteiger partial charge in [0.1, 0.15) is 0 Å². The molecule has 1 atom stereocenters. The molecule has 10 heteroatoms. The van der Waals surface area contributed by atoms with Crippen molar-refractivity contribution in [3.05, 3.63) is 0 Å². The molecule has 0 aliphatic carbocycles. The van der Waals surface area contributed by atoms with Gasteiger partial charge in [0.2, 0.25) is 11.0 Å². The van der Waals surface area contributed by atoms with Gasteiger partial charge >= 0.3 is 10.2 Å². The van der Waals surface area contributed by atoms with Gasteiger partial charge in [-0.25, -0.2) is 0 Å². The molecule has 1 aliphatic heterocycles. The molecule has 2 rings (SSSR count). The summed E-state index contributed by atoms with van der Waals surface area (Å²) in [4.78, 5) is 13.2. The van der Waals surface area contributed by atoms with E-state index in [9.17, 15) is 17.1 Å². The second kappa shape index (κ2) is 5.71. The molecule has 0 bridgehead atoms. The maximum Gasteiger partial charge on any atom is 0.302 e. The minimum atomic E-state index is -4.56. The van der Waals surface area contributed by atoms with E-state index in [0.717, 1.165) is 10.1 Å². The lowest BCUT2D eigenvalue weighted by atomic mass is 10.1. The molecule has 1 aromatic rings. The lowest BCUT2D eigenvalue weighted by Crippen LogP contribution is -2.25. The number of rotatable bonds is 5. The van der Waals surface area contributed by atoms with Crippen molar-refractivity contribution in [2.75, 3.05) is 23.0 Å². The molecule has 1 aliphatic rings. The topological polar surface area (TPSA) is 80.2 Å². The number of hydrogen-bond acceptors (Lipinski definition) is 7. The lowest BCUT2D eigenvalue weighted by molar-refractivity contribution is -0.117. The molecule has 19 heavy (non-hydrogen) atoms. The highest BCUT2D eigenvalue weighted by molar-refractivity contribution is 8.01. The summed E-state index contributed by atoms with van der Waals surface area (Å²) in [7, 11) is -4.56. The largest absolute Gasteiger partial charge is 0.302 e. The van der Waals surface area contributed by atoms with E-state index < -0.39 is 21.9 Å². The van der Waals surface area contributed by atoms with Crippen LogP contribution < -0.4 is 4.90 Å². The van der Waals surface area contributed by atoms with Gasteiger partial charge in [-0.05, 0) is 5.75 Å². The van der Waals surface area contributed by atoms with Crippen LogP contribution in [0, 0.1) is 5.92 Å². The van der Waals surface area contributed by atoms with Crippen molar-refractivity contribution in [3.8, 4) is 0 Å². The second-order valence-corrected chi connectivity index (χ2v) is 7.94. The lowest BCUT2D eigenvalue weighted by Gasteiger charge is -2.11. The van der Waals surface area contributed by atoms with Gasteiger partial charge in [0.05, 0.1) is 5.75 Å². The fourth-order valence-electron chi connectivity index (χ4n) is 1.85. The first-order valence-electron chi connectivity index (χ1n) is 5.58. The first-order chi connectivity index (χ1) is 8.89. The van der Waals surface area contributed by atoms with E-state index in [4.69, 9.17) is 0 Å². The smallest absolute Gasteiger partial charge is 0.286 e. The number of thioether (sulfide) groups is 1. The summed E-state index contributed by atoms with van der Waals surface area (Å²) in [6, 6.07) is 0. The average Bonchev–Trinajstić information content (AvgIpc) is 2.84. The second-order valence-electron chi connectivity index (χ2n) is 4.06. The fourth-order valence-corrected chi connectivity index (χ4v) is 4.40. The molecule has 1 amide bonds. The van der Waals surface area contributed by atoms with Gasteiger partial charge in [0, 0.05) is 18.9 Å². The SMILES string of the molecule is CCSc1nnc(N2CC(CS(=O)(=O)F)CC2=O)s1. The Morgan fingerprint density at radius 2 is 2.26 bits per heavy atom. The van der Waals surface area contributed by atoms with E-state index in [1.54, 1.807) is 0 Å². The summed E-state index contributed by atoms with van der Waals surface area (Å²) in [6.07, 6.45) is 0.0268. The Labute approximate surface area is 118 Å². The molecule has 1 saturated heterocycles. The predicted molar refractivity (Wildman–Crippen MR) is 71.7 cm³/mol. The number of hydrogen-bond donors (Lipinski definition) is 0. The molecule has 1 aromatic heterocycles. The van der Waals surface area contributed by atoms with E-state index >= 15 is 0 Å². The first-order valence-corrected chi connectivity index (χ1v) is 8.93. The average molecular weight is 325 g/mol. The molecule has 1 fully saturated rings. The van der Waals surface area contributed by atoms with Crippen molar-refractivity contribution in [1.82, 2.24) is 10.2 Å². The van der Waals surface area contributed by atoms with E-state index in [1.807, 2.05) is 6.92 Å². The monoisotopic (exact) mass is 325 g/mol. The van der Waals surface area contributed by atoms with Crippen molar-refractivity contribution >= 4 is 44.4 Å². The maximum absolute atomic E-state index is 12.6. The van der Waals surface area contributed by atoms with Gasteiger partial charge in [0.15, 0.2) is 4.34 Å². The van der Waals surface area contributed by atoms with Crippen molar-refractivity contribution in [2.45, 2.75) is 17.7 Å². The fraction of sp³-hybridized carbons (Fsp3) is 0.667. The van der Waals surface area contributed by atoms with Crippen molar-refractivity contribution in [1.29, 1.82) is 0 Å². The number of amides is 1. The number of nitrogens with zero attached hydrogens (tertiary/aromatic N) is 3. The molecule has 0 radical (unpaired) electrons. The summed E-state index contributed by atoms with van der Waals surface area (Å²) in [5.74, 6) is -0.526. The zero-order valence-corrected chi connectivity index (χ0v) is 12.5. The Kier molecular flexibility index (Phi) is 4.41. The van der Waals surface area contributed by atoms with Gasteiger partial charge in [-0.15, -0.1) is 14.1 Å². The van der Waals surface area contributed by atoms with E-state index in [-0.39, 0.29) is 18.9 Å². The molecule has 6 nitrogen and oxygen atoms in total. The molecule has 0 spiro atoms. The highest BCUT2D eigenvalue weighted by atomic mass is 32.3. The minimum Gasteiger partial charge on any atom is -0.286 e.